The third-order valence-corrected chi connectivity index (χ3v) is 6.10. The van der Waals surface area contributed by atoms with E-state index in [1.807, 2.05) is 19.2 Å². The molecule has 0 spiro atoms. The van der Waals surface area contributed by atoms with Crippen LogP contribution in [0.1, 0.15) is 27.3 Å². The molecule has 0 radical (unpaired) electrons. The highest BCUT2D eigenvalue weighted by Gasteiger charge is 2.23. The predicted octanol–water partition coefficient (Wildman–Crippen LogP) is 1.65. The smallest absolute Gasteiger partial charge is 0.267 e. The second-order valence-electron chi connectivity index (χ2n) is 8.08. The third kappa shape index (κ3) is 4.86. The van der Waals surface area contributed by atoms with Crippen LogP contribution in [0.5, 0.6) is 5.75 Å². The number of amides is 1. The van der Waals surface area contributed by atoms with Crippen molar-refractivity contribution >= 4 is 5.91 Å². The number of benzene rings is 1. The molecule has 0 aliphatic carbocycles. The number of aromatic nitrogens is 1. The van der Waals surface area contributed by atoms with Crippen LogP contribution in [-0.4, -0.2) is 73.3 Å². The molecule has 1 amide bonds. The molecule has 162 valence electrons. The van der Waals surface area contributed by atoms with Crippen molar-refractivity contribution in [3.8, 4) is 5.75 Å². The molecule has 1 aromatic heterocycles. The number of fused-ring (bicyclic) bond motifs is 1. The molecule has 1 fully saturated rings. The number of nitrogens with one attached hydrogen (secondary N) is 1. The van der Waals surface area contributed by atoms with Crippen molar-refractivity contribution in [3.63, 3.8) is 0 Å². The van der Waals surface area contributed by atoms with E-state index in [1.165, 1.54) is 16.8 Å². The molecule has 3 heterocycles. The minimum atomic E-state index is 0.0134. The van der Waals surface area contributed by atoms with E-state index in [0.717, 1.165) is 70.3 Å². The summed E-state index contributed by atoms with van der Waals surface area (Å²) in [4.78, 5) is 17.5. The van der Waals surface area contributed by atoms with Gasteiger partial charge in [0.15, 0.2) is 0 Å². The zero-order chi connectivity index (χ0) is 20.9. The van der Waals surface area contributed by atoms with Gasteiger partial charge in [0.1, 0.15) is 11.4 Å². The average Bonchev–Trinajstić information content (AvgIpc) is 3.10. The Morgan fingerprint density at radius 1 is 1.17 bits per heavy atom. The van der Waals surface area contributed by atoms with E-state index < -0.39 is 0 Å². The molecule has 7 nitrogen and oxygen atoms in total. The summed E-state index contributed by atoms with van der Waals surface area (Å²) in [6.07, 6.45) is 0.955. The van der Waals surface area contributed by atoms with Crippen LogP contribution in [0.25, 0.3) is 0 Å². The number of morpholine rings is 1. The summed E-state index contributed by atoms with van der Waals surface area (Å²) in [5.41, 5.74) is 4.53. The molecule has 7 heteroatoms. The van der Waals surface area contributed by atoms with Gasteiger partial charge in [0.25, 0.3) is 5.91 Å². The van der Waals surface area contributed by atoms with E-state index in [1.54, 1.807) is 7.11 Å². The van der Waals surface area contributed by atoms with Gasteiger partial charge in [-0.3, -0.25) is 14.6 Å². The first-order valence-corrected chi connectivity index (χ1v) is 10.7. The number of nitrogens with zero attached hydrogens (tertiary/aromatic N) is 3. The fraction of sp³-hybridized carbons (Fsp3) is 0.522. The van der Waals surface area contributed by atoms with Gasteiger partial charge in [-0.25, -0.2) is 0 Å². The Morgan fingerprint density at radius 3 is 2.80 bits per heavy atom. The number of hydrogen-bond acceptors (Lipinski definition) is 5. The Hall–Kier alpha value is -2.35. The summed E-state index contributed by atoms with van der Waals surface area (Å²) in [6.45, 7) is 7.71. The van der Waals surface area contributed by atoms with Crippen LogP contribution in [0.3, 0.4) is 0 Å². The standard InChI is InChI=1S/C23H32N4O3/c1-25-21-6-8-27(16-18-4-3-5-20(14-18)29-2)17-19(21)15-22(25)23(28)24-7-9-26-10-12-30-13-11-26/h3-5,14-15H,6-13,16-17H2,1-2H3,(H,24,28). The van der Waals surface area contributed by atoms with Gasteiger partial charge < -0.3 is 19.4 Å². The van der Waals surface area contributed by atoms with Gasteiger partial charge in [0.05, 0.1) is 20.3 Å². The molecule has 0 unspecified atom stereocenters. The van der Waals surface area contributed by atoms with Crippen molar-refractivity contribution in [1.29, 1.82) is 0 Å². The van der Waals surface area contributed by atoms with Crippen LogP contribution < -0.4 is 10.1 Å². The third-order valence-electron chi connectivity index (χ3n) is 6.10. The lowest BCUT2D eigenvalue weighted by Crippen LogP contribution is -2.41. The SMILES string of the molecule is COc1cccc(CN2CCc3c(cc(C(=O)NCCN4CCOCC4)n3C)C2)c1. The van der Waals surface area contributed by atoms with Gasteiger partial charge in [-0.05, 0) is 29.3 Å². The number of carbonyl (C=O) groups is 1. The van der Waals surface area contributed by atoms with Crippen LogP contribution in [0.15, 0.2) is 30.3 Å². The van der Waals surface area contributed by atoms with E-state index >= 15 is 0 Å². The summed E-state index contributed by atoms with van der Waals surface area (Å²) < 4.78 is 12.8. The lowest BCUT2D eigenvalue weighted by Gasteiger charge is -2.27. The first-order chi connectivity index (χ1) is 14.6. The monoisotopic (exact) mass is 412 g/mol. The maximum Gasteiger partial charge on any atom is 0.267 e. The first kappa shape index (κ1) is 20.9. The fourth-order valence-electron chi connectivity index (χ4n) is 4.38. The van der Waals surface area contributed by atoms with Gasteiger partial charge in [0, 0.05) is 65.0 Å². The van der Waals surface area contributed by atoms with Crippen LogP contribution in [0.2, 0.25) is 0 Å². The normalized spacial score (nSPS) is 17.5. The summed E-state index contributed by atoms with van der Waals surface area (Å²) >= 11 is 0. The lowest BCUT2D eigenvalue weighted by atomic mass is 10.1. The van der Waals surface area contributed by atoms with Crippen LogP contribution in [0.4, 0.5) is 0 Å². The Morgan fingerprint density at radius 2 is 2.00 bits per heavy atom. The molecule has 1 saturated heterocycles. The number of hydrogen-bond donors (Lipinski definition) is 1. The minimum absolute atomic E-state index is 0.0134. The summed E-state index contributed by atoms with van der Waals surface area (Å²) in [5.74, 6) is 0.903. The second kappa shape index (κ2) is 9.64. The van der Waals surface area contributed by atoms with E-state index in [-0.39, 0.29) is 5.91 Å². The zero-order valence-corrected chi connectivity index (χ0v) is 18.0. The van der Waals surface area contributed by atoms with Gasteiger partial charge in [0.2, 0.25) is 0 Å². The highest BCUT2D eigenvalue weighted by atomic mass is 16.5. The molecular formula is C23H32N4O3. The van der Waals surface area contributed by atoms with Crippen LogP contribution in [-0.2, 0) is 31.3 Å². The van der Waals surface area contributed by atoms with Crippen LogP contribution >= 0.6 is 0 Å². The molecule has 1 aromatic carbocycles. The second-order valence-corrected chi connectivity index (χ2v) is 8.08. The Bertz CT molecular complexity index is 873. The molecule has 2 aliphatic heterocycles. The van der Waals surface area contributed by atoms with Crippen molar-refractivity contribution in [3.05, 3.63) is 52.8 Å². The summed E-state index contributed by atoms with van der Waals surface area (Å²) in [5, 5.41) is 3.09. The van der Waals surface area contributed by atoms with Crippen molar-refractivity contribution in [1.82, 2.24) is 19.7 Å². The van der Waals surface area contributed by atoms with Gasteiger partial charge >= 0.3 is 0 Å². The van der Waals surface area contributed by atoms with Gasteiger partial charge in [-0.1, -0.05) is 12.1 Å². The molecule has 0 saturated carbocycles. The fourth-order valence-corrected chi connectivity index (χ4v) is 4.38. The quantitative estimate of drug-likeness (QED) is 0.750. The summed E-state index contributed by atoms with van der Waals surface area (Å²) in [7, 11) is 3.71. The molecule has 1 N–H and O–H groups in total. The van der Waals surface area contributed by atoms with E-state index in [0.29, 0.717) is 6.54 Å². The Labute approximate surface area is 178 Å². The zero-order valence-electron chi connectivity index (χ0n) is 18.0. The van der Waals surface area contributed by atoms with Crippen molar-refractivity contribution in [2.45, 2.75) is 19.5 Å². The predicted molar refractivity (Wildman–Crippen MR) is 116 cm³/mol. The van der Waals surface area contributed by atoms with E-state index in [4.69, 9.17) is 9.47 Å². The van der Waals surface area contributed by atoms with E-state index in [9.17, 15) is 4.79 Å². The Balaban J connectivity index is 1.34. The first-order valence-electron chi connectivity index (χ1n) is 10.7. The maximum atomic E-state index is 12.8. The molecule has 30 heavy (non-hydrogen) atoms. The highest BCUT2D eigenvalue weighted by Crippen LogP contribution is 2.24. The molecular weight excluding hydrogens is 380 g/mol. The summed E-state index contributed by atoms with van der Waals surface area (Å²) in [6, 6.07) is 10.3. The maximum absolute atomic E-state index is 12.8. The van der Waals surface area contributed by atoms with Crippen molar-refractivity contribution in [2.75, 3.05) is 53.0 Å². The number of methoxy groups -OCH3 is 1. The Kier molecular flexibility index (Phi) is 6.72. The van der Waals surface area contributed by atoms with Crippen molar-refractivity contribution < 1.29 is 14.3 Å². The molecule has 0 atom stereocenters. The number of carbonyl (C=O) groups excluding carboxylic acids is 1. The number of rotatable bonds is 7. The molecule has 2 aromatic rings. The van der Waals surface area contributed by atoms with Crippen molar-refractivity contribution in [2.24, 2.45) is 7.05 Å². The number of ether oxygens (including phenoxy) is 2. The van der Waals surface area contributed by atoms with Gasteiger partial charge in [-0.2, -0.15) is 0 Å². The van der Waals surface area contributed by atoms with Crippen LogP contribution in [0, 0.1) is 0 Å². The lowest BCUT2D eigenvalue weighted by molar-refractivity contribution is 0.0383. The van der Waals surface area contributed by atoms with E-state index in [2.05, 4.69) is 37.9 Å². The molecule has 4 rings (SSSR count). The topological polar surface area (TPSA) is 59.0 Å². The van der Waals surface area contributed by atoms with Gasteiger partial charge in [-0.15, -0.1) is 0 Å². The highest BCUT2D eigenvalue weighted by molar-refractivity contribution is 5.93. The average molecular weight is 413 g/mol. The minimum Gasteiger partial charge on any atom is -0.497 e. The largest absolute Gasteiger partial charge is 0.497 e. The molecule has 2 aliphatic rings. The molecule has 0 bridgehead atoms.